The number of nitrogens with two attached hydrogens (primary N) is 1. The summed E-state index contributed by atoms with van der Waals surface area (Å²) in [6, 6.07) is 5.44. The number of anilines is 1. The van der Waals surface area contributed by atoms with Gasteiger partial charge in [0.2, 0.25) is 5.91 Å². The third-order valence-electron chi connectivity index (χ3n) is 3.43. The lowest BCUT2D eigenvalue weighted by Gasteiger charge is -2.26. The number of halogens is 1. The number of rotatable bonds is 4. The molecule has 122 valence electrons. The van der Waals surface area contributed by atoms with Gasteiger partial charge in [0, 0.05) is 48.8 Å². The van der Waals surface area contributed by atoms with Crippen molar-refractivity contribution in [3.05, 3.63) is 29.3 Å². The molecule has 1 aromatic carbocycles. The van der Waals surface area contributed by atoms with Gasteiger partial charge in [-0.15, -0.1) is 12.4 Å². The first-order chi connectivity index (χ1) is 10.1. The van der Waals surface area contributed by atoms with Crippen LogP contribution in [0.5, 0.6) is 0 Å². The Hall–Kier alpha value is -1.24. The molecule has 0 spiro atoms. The Balaban J connectivity index is 0.00000242. The van der Waals surface area contributed by atoms with Crippen LogP contribution in [-0.4, -0.2) is 47.9 Å². The SMILES string of the molecule is Cc1ccc(C(=O)N2CCSCC2)cc1NC(=O)CCN.Cl. The van der Waals surface area contributed by atoms with Gasteiger partial charge in [-0.25, -0.2) is 0 Å². The van der Waals surface area contributed by atoms with Crippen molar-refractivity contribution in [1.29, 1.82) is 0 Å². The summed E-state index contributed by atoms with van der Waals surface area (Å²) in [5.74, 6) is 1.87. The van der Waals surface area contributed by atoms with Crippen molar-refractivity contribution in [2.75, 3.05) is 36.5 Å². The summed E-state index contributed by atoms with van der Waals surface area (Å²) in [4.78, 5) is 26.0. The standard InChI is InChI=1S/C15H21N3O2S.ClH/c1-11-2-3-12(10-13(11)17-14(19)4-5-16)15(20)18-6-8-21-9-7-18;/h2-3,10H,4-9,16H2,1H3,(H,17,19);1H. The number of nitrogens with zero attached hydrogens (tertiary/aromatic N) is 1. The van der Waals surface area contributed by atoms with Crippen LogP contribution in [0.2, 0.25) is 0 Å². The second-order valence-corrected chi connectivity index (χ2v) is 6.25. The molecule has 0 aromatic heterocycles. The maximum absolute atomic E-state index is 12.5. The van der Waals surface area contributed by atoms with Crippen LogP contribution in [0, 0.1) is 6.92 Å². The van der Waals surface area contributed by atoms with Gasteiger partial charge >= 0.3 is 0 Å². The molecule has 0 radical (unpaired) electrons. The topological polar surface area (TPSA) is 75.4 Å². The highest BCUT2D eigenvalue weighted by Gasteiger charge is 2.19. The van der Waals surface area contributed by atoms with Crippen LogP contribution in [0.15, 0.2) is 18.2 Å². The molecule has 0 atom stereocenters. The normalized spacial score (nSPS) is 14.2. The number of carbonyl (C=O) groups excluding carboxylic acids is 2. The molecule has 0 bridgehead atoms. The van der Waals surface area contributed by atoms with Crippen molar-refractivity contribution >= 4 is 41.7 Å². The lowest BCUT2D eigenvalue weighted by Crippen LogP contribution is -2.37. The van der Waals surface area contributed by atoms with Crippen molar-refractivity contribution in [2.45, 2.75) is 13.3 Å². The largest absolute Gasteiger partial charge is 0.337 e. The van der Waals surface area contributed by atoms with E-state index >= 15 is 0 Å². The van der Waals surface area contributed by atoms with Crippen LogP contribution in [0.3, 0.4) is 0 Å². The minimum atomic E-state index is -0.125. The average molecular weight is 344 g/mol. The van der Waals surface area contributed by atoms with E-state index in [4.69, 9.17) is 5.73 Å². The summed E-state index contributed by atoms with van der Waals surface area (Å²) >= 11 is 1.87. The van der Waals surface area contributed by atoms with Crippen LogP contribution in [0.25, 0.3) is 0 Å². The number of amides is 2. The van der Waals surface area contributed by atoms with Crippen molar-refractivity contribution < 1.29 is 9.59 Å². The minimum Gasteiger partial charge on any atom is -0.337 e. The molecule has 1 aliphatic heterocycles. The molecule has 3 N–H and O–H groups in total. The molecule has 5 nitrogen and oxygen atoms in total. The zero-order valence-electron chi connectivity index (χ0n) is 12.6. The average Bonchev–Trinajstić information content (AvgIpc) is 2.50. The van der Waals surface area contributed by atoms with Gasteiger partial charge in [-0.3, -0.25) is 9.59 Å². The molecule has 1 fully saturated rings. The Morgan fingerprint density at radius 1 is 1.32 bits per heavy atom. The van der Waals surface area contributed by atoms with Crippen LogP contribution in [-0.2, 0) is 4.79 Å². The van der Waals surface area contributed by atoms with Crippen LogP contribution >= 0.6 is 24.2 Å². The summed E-state index contributed by atoms with van der Waals surface area (Å²) in [7, 11) is 0. The molecule has 1 heterocycles. The highest BCUT2D eigenvalue weighted by molar-refractivity contribution is 7.99. The van der Waals surface area contributed by atoms with Crippen molar-refractivity contribution in [2.24, 2.45) is 5.73 Å². The zero-order chi connectivity index (χ0) is 15.2. The van der Waals surface area contributed by atoms with Crippen LogP contribution < -0.4 is 11.1 Å². The second-order valence-electron chi connectivity index (χ2n) is 5.02. The number of hydrogen-bond acceptors (Lipinski definition) is 4. The second kappa shape index (κ2) is 9.02. The van der Waals surface area contributed by atoms with Gasteiger partial charge in [0.05, 0.1) is 0 Å². The summed E-state index contributed by atoms with van der Waals surface area (Å²) in [6.45, 7) is 3.79. The molecular weight excluding hydrogens is 322 g/mol. The lowest BCUT2D eigenvalue weighted by atomic mass is 10.1. The first kappa shape index (κ1) is 18.8. The molecule has 0 unspecified atom stereocenters. The Morgan fingerprint density at radius 3 is 2.64 bits per heavy atom. The minimum absolute atomic E-state index is 0. The smallest absolute Gasteiger partial charge is 0.253 e. The van der Waals surface area contributed by atoms with Gasteiger partial charge in [-0.05, 0) is 24.6 Å². The fraction of sp³-hybridized carbons (Fsp3) is 0.467. The van der Waals surface area contributed by atoms with E-state index in [1.54, 1.807) is 6.07 Å². The van der Waals surface area contributed by atoms with Crippen molar-refractivity contribution in [3.8, 4) is 0 Å². The van der Waals surface area contributed by atoms with Gasteiger partial charge in [0.1, 0.15) is 0 Å². The highest BCUT2D eigenvalue weighted by Crippen LogP contribution is 2.20. The molecular formula is C15H22ClN3O2S. The molecule has 1 aromatic rings. The maximum Gasteiger partial charge on any atom is 0.253 e. The summed E-state index contributed by atoms with van der Waals surface area (Å²) in [6.07, 6.45) is 0.279. The van der Waals surface area contributed by atoms with Gasteiger partial charge < -0.3 is 16.0 Å². The van der Waals surface area contributed by atoms with Gasteiger partial charge in [0.25, 0.3) is 5.91 Å². The lowest BCUT2D eigenvalue weighted by molar-refractivity contribution is -0.116. The number of thioether (sulfide) groups is 1. The fourth-order valence-electron chi connectivity index (χ4n) is 2.18. The molecule has 2 rings (SSSR count). The quantitative estimate of drug-likeness (QED) is 0.875. The number of carbonyl (C=O) groups is 2. The summed E-state index contributed by atoms with van der Waals surface area (Å²) in [5, 5.41) is 2.82. The molecule has 7 heteroatoms. The van der Waals surface area contributed by atoms with Crippen LogP contribution in [0.1, 0.15) is 22.3 Å². The predicted molar refractivity (Wildman–Crippen MR) is 94.0 cm³/mol. The molecule has 2 amide bonds. The van der Waals surface area contributed by atoms with E-state index in [1.807, 2.05) is 35.7 Å². The van der Waals surface area contributed by atoms with Gasteiger partial charge in [-0.2, -0.15) is 11.8 Å². The first-order valence-corrected chi connectivity index (χ1v) is 8.25. The van der Waals surface area contributed by atoms with E-state index in [0.29, 0.717) is 17.8 Å². The van der Waals surface area contributed by atoms with E-state index in [9.17, 15) is 9.59 Å². The van der Waals surface area contributed by atoms with Gasteiger partial charge in [0.15, 0.2) is 0 Å². The monoisotopic (exact) mass is 343 g/mol. The number of aryl methyl sites for hydroxylation is 1. The molecule has 22 heavy (non-hydrogen) atoms. The van der Waals surface area contributed by atoms with E-state index in [-0.39, 0.29) is 30.6 Å². The van der Waals surface area contributed by atoms with E-state index in [2.05, 4.69) is 5.32 Å². The molecule has 0 aliphatic carbocycles. The van der Waals surface area contributed by atoms with E-state index in [1.165, 1.54) is 0 Å². The number of benzene rings is 1. The highest BCUT2D eigenvalue weighted by atomic mass is 35.5. The Bertz CT molecular complexity index is 534. The molecule has 1 aliphatic rings. The maximum atomic E-state index is 12.5. The van der Waals surface area contributed by atoms with E-state index in [0.717, 1.165) is 30.2 Å². The zero-order valence-corrected chi connectivity index (χ0v) is 14.3. The van der Waals surface area contributed by atoms with Crippen molar-refractivity contribution in [3.63, 3.8) is 0 Å². The predicted octanol–water partition coefficient (Wildman–Crippen LogP) is 1.89. The Morgan fingerprint density at radius 2 is 2.00 bits per heavy atom. The summed E-state index contributed by atoms with van der Waals surface area (Å²) < 4.78 is 0. The fourth-order valence-corrected chi connectivity index (χ4v) is 3.09. The number of hydrogen-bond donors (Lipinski definition) is 2. The Kier molecular flexibility index (Phi) is 7.72. The summed E-state index contributed by atoms with van der Waals surface area (Å²) in [5.41, 5.74) is 7.62. The molecule has 1 saturated heterocycles. The van der Waals surface area contributed by atoms with Crippen molar-refractivity contribution in [1.82, 2.24) is 4.90 Å². The Labute approximate surface area is 141 Å². The van der Waals surface area contributed by atoms with E-state index < -0.39 is 0 Å². The first-order valence-electron chi connectivity index (χ1n) is 7.09. The molecule has 0 saturated carbocycles. The van der Waals surface area contributed by atoms with Gasteiger partial charge in [-0.1, -0.05) is 6.07 Å². The van der Waals surface area contributed by atoms with Crippen LogP contribution in [0.4, 0.5) is 5.69 Å². The third kappa shape index (κ3) is 4.90. The third-order valence-corrected chi connectivity index (χ3v) is 4.37. The number of nitrogens with one attached hydrogen (secondary N) is 1.